The Kier molecular flexibility index (Phi) is 3.24. The van der Waals surface area contributed by atoms with Crippen molar-refractivity contribution in [3.63, 3.8) is 0 Å². The van der Waals surface area contributed by atoms with Gasteiger partial charge in [-0.05, 0) is 18.8 Å². The molecule has 1 heterocycles. The van der Waals surface area contributed by atoms with Crippen LogP contribution in [0.15, 0.2) is 17.1 Å². The van der Waals surface area contributed by atoms with E-state index in [1.54, 1.807) is 12.3 Å². The molecule has 1 unspecified atom stereocenters. The fraction of sp³-hybridized carbons (Fsp3) is 0.636. The predicted molar refractivity (Wildman–Crippen MR) is 61.4 cm³/mol. The van der Waals surface area contributed by atoms with Crippen LogP contribution in [0.4, 0.5) is 5.69 Å². The summed E-state index contributed by atoms with van der Waals surface area (Å²) in [5.74, 6) is 0.0486. The summed E-state index contributed by atoms with van der Waals surface area (Å²) >= 11 is 0. The van der Waals surface area contributed by atoms with Crippen molar-refractivity contribution >= 4 is 5.69 Å². The van der Waals surface area contributed by atoms with Gasteiger partial charge in [0, 0.05) is 25.3 Å². The van der Waals surface area contributed by atoms with Gasteiger partial charge < -0.3 is 10.4 Å². The highest BCUT2D eigenvalue weighted by molar-refractivity contribution is 5.41. The smallest absolute Gasteiger partial charge is 0.268 e. The number of aromatic nitrogens is 2. The summed E-state index contributed by atoms with van der Waals surface area (Å²) in [7, 11) is 0. The molecule has 2 rings (SSSR count). The molecule has 88 valence electrons. The van der Waals surface area contributed by atoms with E-state index < -0.39 is 0 Å². The maximum Gasteiger partial charge on any atom is 0.268 e. The van der Waals surface area contributed by atoms with E-state index >= 15 is 0 Å². The summed E-state index contributed by atoms with van der Waals surface area (Å²) in [6, 6.07) is 2.09. The summed E-state index contributed by atoms with van der Waals surface area (Å²) in [6.07, 6.45) is 4.01. The second kappa shape index (κ2) is 4.65. The number of aliphatic hydroxyl groups is 1. The highest BCUT2D eigenvalue weighted by atomic mass is 16.3. The molecule has 0 aromatic carbocycles. The van der Waals surface area contributed by atoms with E-state index in [4.69, 9.17) is 5.11 Å². The number of nitrogens with zero attached hydrogens (tertiary/aromatic N) is 2. The topological polar surface area (TPSA) is 67.2 Å². The third kappa shape index (κ3) is 2.82. The van der Waals surface area contributed by atoms with E-state index in [2.05, 4.69) is 10.4 Å². The van der Waals surface area contributed by atoms with E-state index in [0.29, 0.717) is 12.6 Å². The van der Waals surface area contributed by atoms with Gasteiger partial charge in [0.05, 0.1) is 11.9 Å². The first-order valence-corrected chi connectivity index (χ1v) is 5.63. The molecule has 5 heteroatoms. The highest BCUT2D eigenvalue weighted by Crippen LogP contribution is 2.23. The van der Waals surface area contributed by atoms with Crippen LogP contribution in [0.25, 0.3) is 0 Å². The fourth-order valence-electron chi connectivity index (χ4n) is 1.47. The molecule has 5 nitrogen and oxygen atoms in total. The Hall–Kier alpha value is -1.36. The molecule has 0 bridgehead atoms. The lowest BCUT2D eigenvalue weighted by Gasteiger charge is -2.10. The van der Waals surface area contributed by atoms with Gasteiger partial charge in [-0.1, -0.05) is 6.92 Å². The Labute approximate surface area is 94.1 Å². The van der Waals surface area contributed by atoms with Gasteiger partial charge in [-0.3, -0.25) is 4.79 Å². The third-order valence-electron chi connectivity index (χ3n) is 2.61. The number of rotatable bonds is 5. The number of aliphatic hydroxyl groups excluding tert-OH is 1. The fourth-order valence-corrected chi connectivity index (χ4v) is 1.47. The van der Waals surface area contributed by atoms with Crippen LogP contribution in [0.3, 0.4) is 0 Å². The van der Waals surface area contributed by atoms with Gasteiger partial charge in [0.15, 0.2) is 0 Å². The van der Waals surface area contributed by atoms with E-state index in [9.17, 15) is 4.79 Å². The summed E-state index contributed by atoms with van der Waals surface area (Å²) in [6.45, 7) is 2.40. The van der Waals surface area contributed by atoms with Crippen molar-refractivity contribution in [3.8, 4) is 0 Å². The first-order valence-electron chi connectivity index (χ1n) is 5.63. The molecule has 1 atom stereocenters. The van der Waals surface area contributed by atoms with Gasteiger partial charge in [-0.2, -0.15) is 5.10 Å². The summed E-state index contributed by atoms with van der Waals surface area (Å²) in [4.78, 5) is 11.7. The van der Waals surface area contributed by atoms with E-state index in [1.807, 2.05) is 6.92 Å². The van der Waals surface area contributed by atoms with Crippen LogP contribution in [0, 0.1) is 5.92 Å². The number of nitrogens with one attached hydrogen (secondary N) is 1. The lowest BCUT2D eigenvalue weighted by molar-refractivity contribution is 0.217. The van der Waals surface area contributed by atoms with Crippen LogP contribution in [0.5, 0.6) is 0 Å². The summed E-state index contributed by atoms with van der Waals surface area (Å²) < 4.78 is 1.39. The summed E-state index contributed by atoms with van der Waals surface area (Å²) in [5, 5.41) is 16.2. The van der Waals surface area contributed by atoms with E-state index in [1.165, 1.54) is 17.5 Å². The molecule has 1 aliphatic rings. The molecule has 16 heavy (non-hydrogen) atoms. The average Bonchev–Trinajstić information content (AvgIpc) is 3.06. The van der Waals surface area contributed by atoms with Gasteiger partial charge in [0.1, 0.15) is 0 Å². The Morgan fingerprint density at radius 2 is 2.44 bits per heavy atom. The minimum atomic E-state index is -0.119. The van der Waals surface area contributed by atoms with Crippen LogP contribution in [-0.2, 0) is 6.54 Å². The van der Waals surface area contributed by atoms with E-state index in [-0.39, 0.29) is 18.1 Å². The second-order valence-electron chi connectivity index (χ2n) is 4.47. The van der Waals surface area contributed by atoms with Crippen LogP contribution in [0.2, 0.25) is 0 Å². The quantitative estimate of drug-likeness (QED) is 0.760. The third-order valence-corrected chi connectivity index (χ3v) is 2.61. The molecule has 1 aromatic heterocycles. The van der Waals surface area contributed by atoms with Crippen molar-refractivity contribution in [1.29, 1.82) is 0 Å². The monoisotopic (exact) mass is 223 g/mol. The number of hydrogen-bond donors (Lipinski definition) is 2. The van der Waals surface area contributed by atoms with Crippen molar-refractivity contribution in [2.45, 2.75) is 32.4 Å². The van der Waals surface area contributed by atoms with Crippen molar-refractivity contribution in [2.24, 2.45) is 5.92 Å². The highest BCUT2D eigenvalue weighted by Gasteiger charge is 2.21. The predicted octanol–water partition coefficient (Wildman–Crippen LogP) is 0.446. The molecule has 2 N–H and O–H groups in total. The molecule has 0 saturated heterocycles. The Morgan fingerprint density at radius 3 is 3.00 bits per heavy atom. The molecule has 0 aliphatic heterocycles. The molecule has 0 spiro atoms. The zero-order valence-corrected chi connectivity index (χ0v) is 9.39. The molecule has 1 saturated carbocycles. The molecule has 1 aromatic rings. The molecule has 0 amide bonds. The minimum absolute atomic E-state index is 0.0486. The standard InChI is InChI=1S/C11H17N3O2/c1-8(7-15)6-14-11(16)4-10(5-12-14)13-9-2-3-9/h4-5,8-9,13,15H,2-3,6-7H2,1H3. The Bertz CT molecular complexity index is 412. The van der Waals surface area contributed by atoms with Crippen molar-refractivity contribution < 1.29 is 5.11 Å². The average molecular weight is 223 g/mol. The first kappa shape index (κ1) is 11.1. The van der Waals surface area contributed by atoms with Crippen molar-refractivity contribution in [1.82, 2.24) is 9.78 Å². The van der Waals surface area contributed by atoms with Gasteiger partial charge >= 0.3 is 0 Å². The molecular weight excluding hydrogens is 206 g/mol. The normalized spacial score (nSPS) is 17.1. The van der Waals surface area contributed by atoms with Crippen molar-refractivity contribution in [3.05, 3.63) is 22.6 Å². The van der Waals surface area contributed by atoms with Gasteiger partial charge in [0.25, 0.3) is 5.56 Å². The zero-order chi connectivity index (χ0) is 11.5. The Balaban J connectivity index is 2.06. The second-order valence-corrected chi connectivity index (χ2v) is 4.47. The maximum absolute atomic E-state index is 11.7. The molecule has 0 radical (unpaired) electrons. The van der Waals surface area contributed by atoms with Crippen LogP contribution in [0.1, 0.15) is 19.8 Å². The molecular formula is C11H17N3O2. The number of hydrogen-bond acceptors (Lipinski definition) is 4. The van der Waals surface area contributed by atoms with Gasteiger partial charge in [-0.15, -0.1) is 0 Å². The van der Waals surface area contributed by atoms with Crippen LogP contribution >= 0.6 is 0 Å². The van der Waals surface area contributed by atoms with Gasteiger partial charge in [-0.25, -0.2) is 4.68 Å². The largest absolute Gasteiger partial charge is 0.396 e. The van der Waals surface area contributed by atoms with Crippen molar-refractivity contribution in [2.75, 3.05) is 11.9 Å². The lowest BCUT2D eigenvalue weighted by Crippen LogP contribution is -2.26. The SMILES string of the molecule is CC(CO)Cn1ncc(NC2CC2)cc1=O. The first-order chi connectivity index (χ1) is 7.69. The van der Waals surface area contributed by atoms with Gasteiger partial charge in [0.2, 0.25) is 0 Å². The number of anilines is 1. The molecule has 1 aliphatic carbocycles. The summed E-state index contributed by atoms with van der Waals surface area (Å²) in [5.41, 5.74) is 0.673. The Morgan fingerprint density at radius 1 is 1.69 bits per heavy atom. The zero-order valence-electron chi connectivity index (χ0n) is 9.39. The van der Waals surface area contributed by atoms with E-state index in [0.717, 1.165) is 5.69 Å². The lowest BCUT2D eigenvalue weighted by atomic mass is 10.2. The van der Waals surface area contributed by atoms with Crippen LogP contribution < -0.4 is 10.9 Å². The van der Waals surface area contributed by atoms with Crippen LogP contribution in [-0.4, -0.2) is 27.5 Å². The maximum atomic E-state index is 11.7. The minimum Gasteiger partial charge on any atom is -0.396 e. The molecule has 1 fully saturated rings.